The summed E-state index contributed by atoms with van der Waals surface area (Å²) in [6.45, 7) is 2.08. The smallest absolute Gasteiger partial charge is 0.233 e. The molecule has 0 radical (unpaired) electrons. The van der Waals surface area contributed by atoms with Gasteiger partial charge in [-0.1, -0.05) is 43.7 Å². The molecule has 0 aromatic heterocycles. The van der Waals surface area contributed by atoms with Crippen LogP contribution in [0, 0.1) is 0 Å². The van der Waals surface area contributed by atoms with Crippen LogP contribution in [-0.2, 0) is 0 Å². The molecule has 0 heterocycles. The quantitative estimate of drug-likeness (QED) is 0.696. The molecule has 0 saturated carbocycles. The van der Waals surface area contributed by atoms with Crippen molar-refractivity contribution in [1.29, 1.82) is 0 Å². The zero-order valence-electron chi connectivity index (χ0n) is 8.03. The van der Waals surface area contributed by atoms with Crippen molar-refractivity contribution in [2.24, 2.45) is 5.73 Å². The average molecular weight is 195 g/mol. The highest BCUT2D eigenvalue weighted by Gasteiger charge is 2.30. The maximum absolute atomic E-state index is 10.3. The molecular formula is C10H17NOSi. The molecule has 1 rings (SSSR count). The molecule has 0 aliphatic carbocycles. The van der Waals surface area contributed by atoms with E-state index in [4.69, 9.17) is 5.73 Å². The molecule has 1 atom stereocenters. The zero-order chi connectivity index (χ0) is 9.73. The molecule has 0 bridgehead atoms. The molecule has 3 heteroatoms. The van der Waals surface area contributed by atoms with E-state index in [-0.39, 0.29) is 0 Å². The van der Waals surface area contributed by atoms with Gasteiger partial charge in [-0.05, 0) is 11.2 Å². The monoisotopic (exact) mass is 195 g/mol. The predicted octanol–water partition coefficient (Wildman–Crippen LogP) is 0.739. The molecule has 0 aliphatic rings. The van der Waals surface area contributed by atoms with Gasteiger partial charge in [0.15, 0.2) is 0 Å². The van der Waals surface area contributed by atoms with E-state index in [9.17, 15) is 4.80 Å². The Morgan fingerprint density at radius 2 is 1.92 bits per heavy atom. The molecule has 2 nitrogen and oxygen atoms in total. The maximum Gasteiger partial charge on any atom is 0.233 e. The minimum absolute atomic E-state index is 0.421. The summed E-state index contributed by atoms with van der Waals surface area (Å²) in [5.74, 6) is 0. The summed E-state index contributed by atoms with van der Waals surface area (Å²) >= 11 is 0. The lowest BCUT2D eigenvalue weighted by Crippen LogP contribution is -2.54. The van der Waals surface area contributed by atoms with Crippen molar-refractivity contribution >= 4 is 13.5 Å². The summed E-state index contributed by atoms with van der Waals surface area (Å²) in [5.41, 5.74) is 5.64. The first-order valence-corrected chi connectivity index (χ1v) is 7.07. The van der Waals surface area contributed by atoms with Gasteiger partial charge in [-0.2, -0.15) is 0 Å². The van der Waals surface area contributed by atoms with Crippen LogP contribution in [0.15, 0.2) is 30.3 Å². The largest absolute Gasteiger partial charge is 0.426 e. The lowest BCUT2D eigenvalue weighted by Gasteiger charge is -2.23. The fourth-order valence-electron chi connectivity index (χ4n) is 1.53. The Bertz CT molecular complexity index is 252. The predicted molar refractivity (Wildman–Crippen MR) is 58.2 cm³/mol. The lowest BCUT2D eigenvalue weighted by molar-refractivity contribution is 0.544. The SMILES string of the molecule is CCC[Si](O)(CN)c1ccccc1. The van der Waals surface area contributed by atoms with Crippen LogP contribution in [0.3, 0.4) is 0 Å². The standard InChI is InChI=1S/C10H17NOSi/c1-2-8-13(12,9-11)10-6-4-3-5-7-10/h3-7,12H,2,8-9,11H2,1H3. The topological polar surface area (TPSA) is 46.2 Å². The van der Waals surface area contributed by atoms with Gasteiger partial charge in [0.25, 0.3) is 0 Å². The maximum atomic E-state index is 10.3. The molecule has 13 heavy (non-hydrogen) atoms. The first-order chi connectivity index (χ1) is 6.23. The number of rotatable bonds is 4. The van der Waals surface area contributed by atoms with Crippen molar-refractivity contribution in [3.05, 3.63) is 30.3 Å². The Morgan fingerprint density at radius 1 is 1.31 bits per heavy atom. The van der Waals surface area contributed by atoms with Gasteiger partial charge in [0.1, 0.15) is 0 Å². The van der Waals surface area contributed by atoms with Gasteiger partial charge in [0.2, 0.25) is 8.32 Å². The van der Waals surface area contributed by atoms with Crippen molar-refractivity contribution in [2.75, 3.05) is 6.17 Å². The second-order valence-corrected chi connectivity index (χ2v) is 6.90. The molecule has 1 unspecified atom stereocenters. The molecule has 3 N–H and O–H groups in total. The Morgan fingerprint density at radius 3 is 2.38 bits per heavy atom. The molecule has 72 valence electrons. The minimum Gasteiger partial charge on any atom is -0.426 e. The molecule has 0 fully saturated rings. The van der Waals surface area contributed by atoms with E-state index in [2.05, 4.69) is 6.92 Å². The number of hydrogen-bond donors (Lipinski definition) is 2. The Kier molecular flexibility index (Phi) is 3.66. The van der Waals surface area contributed by atoms with Crippen LogP contribution < -0.4 is 10.9 Å². The summed E-state index contributed by atoms with van der Waals surface area (Å²) < 4.78 is 0. The van der Waals surface area contributed by atoms with Crippen molar-refractivity contribution in [3.8, 4) is 0 Å². The summed E-state index contributed by atoms with van der Waals surface area (Å²) in [6, 6.07) is 10.7. The fraction of sp³-hybridized carbons (Fsp3) is 0.400. The third-order valence-electron chi connectivity index (χ3n) is 2.31. The molecule has 1 aromatic carbocycles. The van der Waals surface area contributed by atoms with Crippen LogP contribution in [-0.4, -0.2) is 19.3 Å². The lowest BCUT2D eigenvalue weighted by atomic mass is 10.4. The normalized spacial score (nSPS) is 15.3. The number of hydrogen-bond acceptors (Lipinski definition) is 2. The van der Waals surface area contributed by atoms with Crippen LogP contribution >= 0.6 is 0 Å². The summed E-state index contributed by atoms with van der Waals surface area (Å²) in [4.78, 5) is 10.3. The molecule has 0 aliphatic heterocycles. The van der Waals surface area contributed by atoms with Crippen molar-refractivity contribution < 1.29 is 4.80 Å². The van der Waals surface area contributed by atoms with Crippen LogP contribution in [0.4, 0.5) is 0 Å². The van der Waals surface area contributed by atoms with E-state index in [0.717, 1.165) is 17.7 Å². The Balaban J connectivity index is 2.89. The van der Waals surface area contributed by atoms with Gasteiger partial charge >= 0.3 is 0 Å². The van der Waals surface area contributed by atoms with Gasteiger partial charge in [0, 0.05) is 6.17 Å². The van der Waals surface area contributed by atoms with E-state index < -0.39 is 8.32 Å². The fourth-order valence-corrected chi connectivity index (χ4v) is 3.89. The van der Waals surface area contributed by atoms with Gasteiger partial charge in [-0.25, -0.2) is 0 Å². The molecular weight excluding hydrogens is 178 g/mol. The first-order valence-electron chi connectivity index (χ1n) is 4.71. The van der Waals surface area contributed by atoms with Crippen LogP contribution in [0.25, 0.3) is 0 Å². The molecule has 0 spiro atoms. The van der Waals surface area contributed by atoms with Crippen molar-refractivity contribution in [2.45, 2.75) is 19.4 Å². The van der Waals surface area contributed by atoms with E-state index in [0.29, 0.717) is 6.17 Å². The van der Waals surface area contributed by atoms with Crippen molar-refractivity contribution in [3.63, 3.8) is 0 Å². The van der Waals surface area contributed by atoms with Crippen LogP contribution in [0.1, 0.15) is 13.3 Å². The molecule has 0 amide bonds. The Hall–Kier alpha value is -0.643. The second-order valence-electron chi connectivity index (χ2n) is 3.35. The minimum atomic E-state index is -2.32. The van der Waals surface area contributed by atoms with Crippen LogP contribution in [0.5, 0.6) is 0 Å². The number of nitrogens with two attached hydrogens (primary N) is 1. The zero-order valence-corrected chi connectivity index (χ0v) is 9.03. The number of benzene rings is 1. The van der Waals surface area contributed by atoms with Crippen LogP contribution in [0.2, 0.25) is 6.04 Å². The van der Waals surface area contributed by atoms with Gasteiger partial charge in [-0.3, -0.25) is 0 Å². The van der Waals surface area contributed by atoms with E-state index in [1.807, 2.05) is 30.3 Å². The Labute approximate surface area is 80.5 Å². The third-order valence-corrected chi connectivity index (χ3v) is 5.72. The highest BCUT2D eigenvalue weighted by Crippen LogP contribution is 2.07. The summed E-state index contributed by atoms with van der Waals surface area (Å²) in [6.07, 6.45) is 1.42. The summed E-state index contributed by atoms with van der Waals surface area (Å²) in [5, 5.41) is 1.05. The molecule has 0 saturated heterocycles. The average Bonchev–Trinajstić information content (AvgIpc) is 2.19. The highest BCUT2D eigenvalue weighted by molar-refractivity contribution is 6.85. The second kappa shape index (κ2) is 4.55. The van der Waals surface area contributed by atoms with Gasteiger partial charge < -0.3 is 10.5 Å². The van der Waals surface area contributed by atoms with E-state index >= 15 is 0 Å². The first kappa shape index (κ1) is 10.4. The van der Waals surface area contributed by atoms with Gasteiger partial charge in [-0.15, -0.1) is 0 Å². The van der Waals surface area contributed by atoms with Gasteiger partial charge in [0.05, 0.1) is 0 Å². The third kappa shape index (κ3) is 2.40. The van der Waals surface area contributed by atoms with Crippen molar-refractivity contribution in [1.82, 2.24) is 0 Å². The summed E-state index contributed by atoms with van der Waals surface area (Å²) in [7, 11) is -2.32. The van der Waals surface area contributed by atoms with E-state index in [1.165, 1.54) is 0 Å². The van der Waals surface area contributed by atoms with E-state index in [1.54, 1.807) is 0 Å². The molecule has 1 aromatic rings. The highest BCUT2D eigenvalue weighted by atomic mass is 28.4.